The number of anilines is 2. The number of nitrogens with zero attached hydrogens (tertiary/aromatic N) is 2. The van der Waals surface area contributed by atoms with Gasteiger partial charge in [0.15, 0.2) is 5.82 Å². The number of rotatable bonds is 7. The molecule has 2 N–H and O–H groups in total. The Morgan fingerprint density at radius 1 is 0.968 bits per heavy atom. The molecule has 1 heterocycles. The summed E-state index contributed by atoms with van der Waals surface area (Å²) in [5, 5.41) is 3.02. The molecule has 3 rings (SSSR count). The molecule has 0 aliphatic carbocycles. The van der Waals surface area contributed by atoms with Crippen LogP contribution < -0.4 is 19.5 Å². The normalized spacial score (nSPS) is 11.0. The Labute approximate surface area is 188 Å². The molecule has 2 aromatic carbocycles. The average Bonchev–Trinajstić information content (AvgIpc) is 2.73. The number of carbonyl (C=O) groups excluding carboxylic acids is 1. The number of amides is 1. The van der Waals surface area contributed by atoms with Crippen molar-refractivity contribution in [2.24, 2.45) is 0 Å². The monoisotopic (exact) mass is 482 g/mol. The Kier molecular flexibility index (Phi) is 6.84. The Balaban J connectivity index is 1.78. The van der Waals surface area contributed by atoms with Gasteiger partial charge in [0, 0.05) is 11.8 Å². The molecule has 31 heavy (non-hydrogen) atoms. The second-order valence-corrected chi connectivity index (χ2v) is 8.46. The first kappa shape index (κ1) is 22.6. The van der Waals surface area contributed by atoms with Crippen molar-refractivity contribution >= 4 is 50.6 Å². The van der Waals surface area contributed by atoms with Gasteiger partial charge in [-0.25, -0.2) is 8.42 Å². The van der Waals surface area contributed by atoms with Crippen LogP contribution >= 0.6 is 23.2 Å². The second-order valence-electron chi connectivity index (χ2n) is 5.96. The molecule has 1 amide bonds. The van der Waals surface area contributed by atoms with Crippen LogP contribution in [0.15, 0.2) is 53.4 Å². The van der Waals surface area contributed by atoms with Crippen molar-refractivity contribution in [2.45, 2.75) is 4.90 Å². The molecule has 3 aromatic rings. The van der Waals surface area contributed by atoms with Crippen LogP contribution in [0.4, 0.5) is 11.5 Å². The molecule has 9 nitrogen and oxygen atoms in total. The lowest BCUT2D eigenvalue weighted by molar-refractivity contribution is 0.102. The van der Waals surface area contributed by atoms with E-state index >= 15 is 0 Å². The molecule has 0 radical (unpaired) electrons. The number of carbonyl (C=O) groups is 1. The Morgan fingerprint density at radius 2 is 1.61 bits per heavy atom. The third-order valence-corrected chi connectivity index (χ3v) is 5.93. The van der Waals surface area contributed by atoms with E-state index in [9.17, 15) is 13.2 Å². The summed E-state index contributed by atoms with van der Waals surface area (Å²) in [6.45, 7) is 0. The van der Waals surface area contributed by atoms with Gasteiger partial charge in [-0.3, -0.25) is 9.52 Å². The largest absolute Gasteiger partial charge is 0.481 e. The van der Waals surface area contributed by atoms with Gasteiger partial charge in [0.1, 0.15) is 0 Å². The molecule has 0 aliphatic heterocycles. The Morgan fingerprint density at radius 3 is 2.19 bits per heavy atom. The number of nitrogens with one attached hydrogen (secondary N) is 2. The summed E-state index contributed by atoms with van der Waals surface area (Å²) in [5.41, 5.74) is 0.473. The highest BCUT2D eigenvalue weighted by Crippen LogP contribution is 2.26. The predicted molar refractivity (Wildman–Crippen MR) is 117 cm³/mol. The number of ether oxygens (including phenoxy) is 2. The molecule has 0 bridgehead atoms. The lowest BCUT2D eigenvalue weighted by Gasteiger charge is -2.11. The number of halogens is 2. The van der Waals surface area contributed by atoms with Gasteiger partial charge in [0.05, 0.1) is 34.7 Å². The molecular weight excluding hydrogens is 467 g/mol. The minimum absolute atomic E-state index is 0.0329. The van der Waals surface area contributed by atoms with Crippen LogP contribution in [0.2, 0.25) is 10.0 Å². The van der Waals surface area contributed by atoms with Gasteiger partial charge in [0.2, 0.25) is 5.88 Å². The summed E-state index contributed by atoms with van der Waals surface area (Å²) in [5.74, 6) is -0.431. The standard InChI is InChI=1S/C19H16Cl2N4O5S/c1-29-16-10-15(23-19(24-16)30-2)25-31(27,28)12-8-6-11(7-9-12)22-18(26)17-13(20)4-3-5-14(17)21/h3-10H,1-2H3,(H,22,26)(H,23,24,25). The molecule has 162 valence electrons. The van der Waals surface area contributed by atoms with Gasteiger partial charge in [-0.2, -0.15) is 9.97 Å². The zero-order valence-corrected chi connectivity index (χ0v) is 18.5. The molecule has 0 saturated heterocycles. The summed E-state index contributed by atoms with van der Waals surface area (Å²) < 4.78 is 37.6. The van der Waals surface area contributed by atoms with Crippen LogP contribution in [-0.2, 0) is 10.0 Å². The maximum atomic E-state index is 12.7. The third kappa shape index (κ3) is 5.35. The zero-order valence-electron chi connectivity index (χ0n) is 16.2. The van der Waals surface area contributed by atoms with Crippen LogP contribution in [0.5, 0.6) is 11.9 Å². The van der Waals surface area contributed by atoms with E-state index in [-0.39, 0.29) is 38.2 Å². The first-order chi connectivity index (χ1) is 14.7. The highest BCUT2D eigenvalue weighted by molar-refractivity contribution is 7.92. The molecule has 0 fully saturated rings. The van der Waals surface area contributed by atoms with Gasteiger partial charge in [-0.1, -0.05) is 29.3 Å². The number of hydrogen-bond donors (Lipinski definition) is 2. The van der Waals surface area contributed by atoms with Gasteiger partial charge in [-0.05, 0) is 36.4 Å². The minimum atomic E-state index is -3.98. The van der Waals surface area contributed by atoms with E-state index in [1.807, 2.05) is 0 Å². The zero-order chi connectivity index (χ0) is 22.6. The van der Waals surface area contributed by atoms with E-state index in [1.54, 1.807) is 18.2 Å². The van der Waals surface area contributed by atoms with E-state index in [0.29, 0.717) is 5.69 Å². The lowest BCUT2D eigenvalue weighted by atomic mass is 10.2. The van der Waals surface area contributed by atoms with Crippen molar-refractivity contribution in [3.8, 4) is 11.9 Å². The van der Waals surface area contributed by atoms with Gasteiger partial charge >= 0.3 is 6.01 Å². The van der Waals surface area contributed by atoms with Crippen molar-refractivity contribution in [1.82, 2.24) is 9.97 Å². The topological polar surface area (TPSA) is 120 Å². The van der Waals surface area contributed by atoms with Crippen molar-refractivity contribution in [1.29, 1.82) is 0 Å². The number of methoxy groups -OCH3 is 2. The maximum absolute atomic E-state index is 12.7. The molecule has 0 atom stereocenters. The van der Waals surface area contributed by atoms with Gasteiger partial charge in [0.25, 0.3) is 15.9 Å². The average molecular weight is 483 g/mol. The van der Waals surface area contributed by atoms with Gasteiger partial charge in [-0.15, -0.1) is 0 Å². The van der Waals surface area contributed by atoms with E-state index in [4.69, 9.17) is 32.7 Å². The lowest BCUT2D eigenvalue weighted by Crippen LogP contribution is -2.15. The number of hydrogen-bond acceptors (Lipinski definition) is 7. The molecule has 0 saturated carbocycles. The van der Waals surface area contributed by atoms with E-state index in [2.05, 4.69) is 20.0 Å². The van der Waals surface area contributed by atoms with Crippen molar-refractivity contribution in [2.75, 3.05) is 24.3 Å². The van der Waals surface area contributed by atoms with Crippen LogP contribution in [0.1, 0.15) is 10.4 Å². The molecule has 1 aromatic heterocycles. The summed E-state index contributed by atoms with van der Waals surface area (Å²) in [4.78, 5) is 20.2. The SMILES string of the molecule is COc1cc(NS(=O)(=O)c2ccc(NC(=O)c3c(Cl)cccc3Cl)cc2)nc(OC)n1. The van der Waals surface area contributed by atoms with Crippen molar-refractivity contribution < 1.29 is 22.7 Å². The summed E-state index contributed by atoms with van der Waals surface area (Å²) in [7, 11) is -1.26. The highest BCUT2D eigenvalue weighted by Gasteiger charge is 2.18. The molecular formula is C19H16Cl2N4O5S. The number of benzene rings is 2. The first-order valence-corrected chi connectivity index (χ1v) is 10.8. The van der Waals surface area contributed by atoms with Crippen molar-refractivity contribution in [3.63, 3.8) is 0 Å². The van der Waals surface area contributed by atoms with E-state index in [0.717, 1.165) is 0 Å². The van der Waals surface area contributed by atoms with Crippen LogP contribution in [0.3, 0.4) is 0 Å². The number of aromatic nitrogens is 2. The quantitative estimate of drug-likeness (QED) is 0.524. The molecule has 0 unspecified atom stereocenters. The maximum Gasteiger partial charge on any atom is 0.321 e. The summed E-state index contributed by atoms with van der Waals surface area (Å²) in [6.07, 6.45) is 0. The molecule has 0 spiro atoms. The fourth-order valence-corrected chi connectivity index (χ4v) is 4.04. The van der Waals surface area contributed by atoms with Crippen LogP contribution in [0, 0.1) is 0 Å². The fraction of sp³-hybridized carbons (Fsp3) is 0.105. The highest BCUT2D eigenvalue weighted by atomic mass is 35.5. The Bertz CT molecular complexity index is 1180. The van der Waals surface area contributed by atoms with E-state index < -0.39 is 15.9 Å². The first-order valence-electron chi connectivity index (χ1n) is 8.59. The predicted octanol–water partition coefficient (Wildman–Crippen LogP) is 3.85. The molecule has 12 heteroatoms. The fourth-order valence-electron chi connectivity index (χ4n) is 2.47. The van der Waals surface area contributed by atoms with Crippen molar-refractivity contribution in [3.05, 3.63) is 64.1 Å². The second kappa shape index (κ2) is 9.38. The number of sulfonamides is 1. The van der Waals surface area contributed by atoms with Crippen LogP contribution in [0.25, 0.3) is 0 Å². The summed E-state index contributed by atoms with van der Waals surface area (Å²) >= 11 is 12.1. The third-order valence-electron chi connectivity index (χ3n) is 3.93. The smallest absolute Gasteiger partial charge is 0.321 e. The van der Waals surface area contributed by atoms with E-state index in [1.165, 1.54) is 44.6 Å². The minimum Gasteiger partial charge on any atom is -0.481 e. The Hall–Kier alpha value is -3.08. The van der Waals surface area contributed by atoms with Gasteiger partial charge < -0.3 is 14.8 Å². The van der Waals surface area contributed by atoms with Crippen LogP contribution in [-0.4, -0.2) is 38.5 Å². The molecule has 0 aliphatic rings. The summed E-state index contributed by atoms with van der Waals surface area (Å²) in [6, 6.07) is 11.5.